The number of rotatable bonds is 6. The number of para-hydroxylation sites is 1. The second kappa shape index (κ2) is 9.37. The number of imide groups is 1. The molecule has 0 radical (unpaired) electrons. The van der Waals surface area contributed by atoms with Gasteiger partial charge in [0.25, 0.3) is 11.8 Å². The molecule has 2 amide bonds. The third-order valence-electron chi connectivity index (χ3n) is 8.11. The number of aromatic nitrogens is 2. The first-order chi connectivity index (χ1) is 19.2. The summed E-state index contributed by atoms with van der Waals surface area (Å²) in [5.74, 6) is -1.36. The summed E-state index contributed by atoms with van der Waals surface area (Å²) in [6, 6.07) is 5.92. The number of benzene rings is 2. The lowest BCUT2D eigenvalue weighted by atomic mass is 9.95. The number of fused-ring (bicyclic) bond motifs is 8. The van der Waals surface area contributed by atoms with E-state index in [-0.39, 0.29) is 11.1 Å². The Morgan fingerprint density at radius 1 is 0.975 bits per heavy atom. The normalized spacial score (nSPS) is 25.1. The third kappa shape index (κ3) is 3.27. The summed E-state index contributed by atoms with van der Waals surface area (Å²) >= 11 is 0. The van der Waals surface area contributed by atoms with Gasteiger partial charge in [-0.1, -0.05) is 37.4 Å². The zero-order valence-electron chi connectivity index (χ0n) is 21.6. The van der Waals surface area contributed by atoms with Gasteiger partial charge in [0.05, 0.1) is 53.0 Å². The molecule has 11 heteroatoms. The molecule has 0 bridgehead atoms. The molecule has 0 aliphatic carbocycles. The lowest BCUT2D eigenvalue weighted by Gasteiger charge is -2.40. The van der Waals surface area contributed by atoms with Crippen LogP contribution < -0.4 is 0 Å². The van der Waals surface area contributed by atoms with Crippen molar-refractivity contribution in [3.63, 3.8) is 0 Å². The van der Waals surface area contributed by atoms with Crippen LogP contribution in [0.4, 0.5) is 0 Å². The quantitative estimate of drug-likeness (QED) is 0.198. The van der Waals surface area contributed by atoms with E-state index in [0.717, 1.165) is 4.90 Å². The van der Waals surface area contributed by atoms with Crippen LogP contribution in [-0.2, 0) is 4.74 Å². The molecule has 4 aromatic rings. The van der Waals surface area contributed by atoms with E-state index in [1.807, 2.05) is 0 Å². The van der Waals surface area contributed by atoms with E-state index in [2.05, 4.69) is 18.1 Å². The Bertz CT molecular complexity index is 1730. The number of amides is 2. The smallest absolute Gasteiger partial charge is 0.262 e. The first-order valence-corrected chi connectivity index (χ1v) is 12.9. The van der Waals surface area contributed by atoms with Gasteiger partial charge in [0, 0.05) is 27.4 Å². The first kappa shape index (κ1) is 26.4. The molecular weight excluding hydrogens is 518 g/mol. The summed E-state index contributed by atoms with van der Waals surface area (Å²) in [5.41, 5.74) is 2.61. The molecule has 4 heterocycles. The molecule has 5 unspecified atom stereocenters. The Kier molecular flexibility index (Phi) is 6.18. The minimum atomic E-state index is -1.54. The number of ether oxygens (including phenoxy) is 1. The molecule has 0 spiro atoms. The highest BCUT2D eigenvalue weighted by atomic mass is 16.5. The Balaban J connectivity index is 1.83. The predicted molar refractivity (Wildman–Crippen MR) is 148 cm³/mol. The van der Waals surface area contributed by atoms with Crippen molar-refractivity contribution in [1.82, 2.24) is 14.5 Å². The largest absolute Gasteiger partial charge is 0.394 e. The molecule has 6 rings (SSSR count). The topological polar surface area (TPSA) is 168 Å². The molecule has 5 atom stereocenters. The summed E-state index contributed by atoms with van der Waals surface area (Å²) in [5, 5.41) is 53.3. The van der Waals surface area contributed by atoms with E-state index in [1.54, 1.807) is 47.9 Å². The third-order valence-corrected chi connectivity index (χ3v) is 8.11. The van der Waals surface area contributed by atoms with Crippen LogP contribution >= 0.6 is 0 Å². The van der Waals surface area contributed by atoms with E-state index in [9.17, 15) is 35.1 Å². The number of nitrogens with one attached hydrogen (secondary N) is 1. The summed E-state index contributed by atoms with van der Waals surface area (Å²) in [6.07, 6.45) is -3.29. The molecular formula is C29H29N3O8. The molecule has 1 saturated heterocycles. The van der Waals surface area contributed by atoms with Crippen LogP contribution in [0.5, 0.6) is 0 Å². The summed E-state index contributed by atoms with van der Waals surface area (Å²) in [7, 11) is 0. The lowest BCUT2D eigenvalue weighted by Crippen LogP contribution is -2.54. The van der Waals surface area contributed by atoms with E-state index in [4.69, 9.17) is 4.74 Å². The standard InChI is InChI=1S/C29H29N3O8/c1-4-14-16(5-2)30-22-18(14)20-21(28(39)31(27(20)38)13(10-33)11-34)19-15-8-6-7-9-17(15)32(23(19)22)29-26(37)25(36)24(35)12(3)40-29/h4-9,12-13,24-26,29-30,33-37H,1-2,10-11H2,3H3. The van der Waals surface area contributed by atoms with E-state index in [1.165, 1.54) is 0 Å². The highest BCUT2D eigenvalue weighted by molar-refractivity contribution is 6.37. The first-order valence-electron chi connectivity index (χ1n) is 12.9. The van der Waals surface area contributed by atoms with Crippen molar-refractivity contribution in [1.29, 1.82) is 0 Å². The number of nitrogens with zero attached hydrogens (tertiary/aromatic N) is 2. The maximum absolute atomic E-state index is 14.0. The number of aliphatic hydroxyl groups excluding tert-OH is 5. The van der Waals surface area contributed by atoms with Crippen LogP contribution in [0.1, 0.15) is 45.1 Å². The Morgan fingerprint density at radius 3 is 2.25 bits per heavy atom. The van der Waals surface area contributed by atoms with Crippen LogP contribution in [0.15, 0.2) is 37.4 Å². The van der Waals surface area contributed by atoms with E-state index < -0.39 is 61.7 Å². The van der Waals surface area contributed by atoms with Crippen molar-refractivity contribution in [2.75, 3.05) is 13.2 Å². The van der Waals surface area contributed by atoms with Crippen molar-refractivity contribution in [3.8, 4) is 0 Å². The summed E-state index contributed by atoms with van der Waals surface area (Å²) in [4.78, 5) is 32.1. The number of hydrogen-bond acceptors (Lipinski definition) is 8. The van der Waals surface area contributed by atoms with Crippen LogP contribution in [0.2, 0.25) is 0 Å². The molecule has 208 valence electrons. The van der Waals surface area contributed by atoms with Crippen LogP contribution in [0.3, 0.4) is 0 Å². The van der Waals surface area contributed by atoms with Gasteiger partial charge in [0.1, 0.15) is 18.3 Å². The molecule has 2 aliphatic rings. The lowest BCUT2D eigenvalue weighted by molar-refractivity contribution is -0.238. The van der Waals surface area contributed by atoms with Gasteiger partial charge in [-0.2, -0.15) is 0 Å². The fraction of sp³-hybridized carbons (Fsp3) is 0.310. The molecule has 11 nitrogen and oxygen atoms in total. The highest BCUT2D eigenvalue weighted by Crippen LogP contribution is 2.47. The average molecular weight is 548 g/mol. The second-order valence-corrected chi connectivity index (χ2v) is 10.2. The van der Waals surface area contributed by atoms with Gasteiger partial charge in [-0.3, -0.25) is 14.5 Å². The van der Waals surface area contributed by atoms with Crippen LogP contribution in [0, 0.1) is 0 Å². The van der Waals surface area contributed by atoms with Crippen molar-refractivity contribution in [3.05, 3.63) is 59.8 Å². The van der Waals surface area contributed by atoms with E-state index >= 15 is 0 Å². The molecule has 6 N–H and O–H groups in total. The summed E-state index contributed by atoms with van der Waals surface area (Å²) in [6.45, 7) is 8.09. The Morgan fingerprint density at radius 2 is 1.62 bits per heavy atom. The minimum Gasteiger partial charge on any atom is -0.394 e. The molecule has 1 fully saturated rings. The minimum absolute atomic E-state index is 0.0750. The van der Waals surface area contributed by atoms with Crippen molar-refractivity contribution in [2.24, 2.45) is 0 Å². The fourth-order valence-electron chi connectivity index (χ4n) is 6.18. The molecule has 2 aromatic carbocycles. The number of H-pyrrole nitrogens is 1. The Labute approximate surface area is 227 Å². The zero-order valence-corrected chi connectivity index (χ0v) is 21.6. The number of carbonyl (C=O) groups excluding carboxylic acids is 2. The van der Waals surface area contributed by atoms with Crippen molar-refractivity contribution >= 4 is 56.7 Å². The molecule has 0 saturated carbocycles. The predicted octanol–water partition coefficient (Wildman–Crippen LogP) is 1.51. The number of aromatic amines is 1. The monoisotopic (exact) mass is 547 g/mol. The zero-order chi connectivity index (χ0) is 28.6. The van der Waals surface area contributed by atoms with Crippen molar-refractivity contribution in [2.45, 2.75) is 43.6 Å². The second-order valence-electron chi connectivity index (χ2n) is 10.2. The highest BCUT2D eigenvalue weighted by Gasteiger charge is 2.47. The maximum Gasteiger partial charge on any atom is 0.262 e. The van der Waals surface area contributed by atoms with Gasteiger partial charge in [-0.05, 0) is 19.1 Å². The Hall–Kier alpha value is -3.84. The average Bonchev–Trinajstić information content (AvgIpc) is 3.58. The van der Waals surface area contributed by atoms with E-state index in [0.29, 0.717) is 44.0 Å². The van der Waals surface area contributed by atoms with Gasteiger partial charge >= 0.3 is 0 Å². The van der Waals surface area contributed by atoms with Crippen LogP contribution in [0.25, 0.3) is 44.9 Å². The number of aliphatic hydroxyl groups is 5. The SMILES string of the molecule is C=Cc1[nH]c2c(c1C=C)c1c(c3c4ccccc4n(C4OC(C)C(O)C(O)C4O)c23)C(=O)N(C(CO)CO)C1=O. The van der Waals surface area contributed by atoms with Gasteiger partial charge < -0.3 is 39.8 Å². The molecule has 2 aromatic heterocycles. The maximum atomic E-state index is 14.0. The van der Waals surface area contributed by atoms with Gasteiger partial charge in [-0.15, -0.1) is 0 Å². The number of carbonyl (C=O) groups is 2. The van der Waals surface area contributed by atoms with Crippen molar-refractivity contribution < 1.29 is 39.9 Å². The molecule has 40 heavy (non-hydrogen) atoms. The van der Waals surface area contributed by atoms with Gasteiger partial charge in [-0.25, -0.2) is 0 Å². The summed E-state index contributed by atoms with van der Waals surface area (Å²) < 4.78 is 7.72. The van der Waals surface area contributed by atoms with Gasteiger partial charge in [0.15, 0.2) is 6.23 Å². The fourth-order valence-corrected chi connectivity index (χ4v) is 6.18. The van der Waals surface area contributed by atoms with Crippen LogP contribution in [-0.4, -0.2) is 95.5 Å². The van der Waals surface area contributed by atoms with Gasteiger partial charge in [0.2, 0.25) is 0 Å². The number of hydrogen-bond donors (Lipinski definition) is 6. The molecule has 2 aliphatic heterocycles.